The van der Waals surface area contributed by atoms with E-state index in [0.29, 0.717) is 24.0 Å². The van der Waals surface area contributed by atoms with E-state index in [0.717, 1.165) is 0 Å². The van der Waals surface area contributed by atoms with Gasteiger partial charge >= 0.3 is 41.8 Å². The molecule has 6 atom stereocenters. The predicted octanol–water partition coefficient (Wildman–Crippen LogP) is -4.77. The maximum Gasteiger partial charge on any atom is 0.320 e. The van der Waals surface area contributed by atoms with Gasteiger partial charge in [-0.25, -0.2) is 0 Å². The van der Waals surface area contributed by atoms with Crippen molar-refractivity contribution in [3.8, 4) is 0 Å². The first-order valence-corrected chi connectivity index (χ1v) is 33.1. The van der Waals surface area contributed by atoms with Crippen LogP contribution in [0.4, 0.5) is 0 Å². The molecule has 0 saturated carbocycles. The lowest BCUT2D eigenvalue weighted by molar-refractivity contribution is -0.145. The first-order valence-electron chi connectivity index (χ1n) is 33.1. The highest BCUT2D eigenvalue weighted by Crippen LogP contribution is 2.15. The second-order valence-corrected chi connectivity index (χ2v) is 24.8. The van der Waals surface area contributed by atoms with Gasteiger partial charge in [-0.05, 0) is 42.7 Å². The van der Waals surface area contributed by atoms with Crippen molar-refractivity contribution < 1.29 is 108 Å². The van der Waals surface area contributed by atoms with Crippen molar-refractivity contribution >= 4 is 83.6 Å². The van der Waals surface area contributed by atoms with E-state index < -0.39 is 153 Å². The van der Waals surface area contributed by atoms with Crippen LogP contribution in [0.1, 0.15) is 76.3 Å². The van der Waals surface area contributed by atoms with E-state index in [4.69, 9.17) is 5.73 Å². The SMILES string of the molecule is C=C(O)CN1CCN(CC(=O)O)CCN(C(CCC(=O)NCC[C@H](NC(=O)CCC(C(=O)O)N2CCN(CC(=O)O)CCN(CC(=O)O)CCN(CC(=O)O)CC2)C(=O)NCc2ccc(CNC(=O)[C@H](CCC(N)=O)NC(=O)[C@@H](NC=O)C(C)CC)cc2)C(=O)O)CCN(CC(=O)O)CC1. The number of rotatable bonds is 41. The maximum absolute atomic E-state index is 14.2. The first kappa shape index (κ1) is 85.2. The van der Waals surface area contributed by atoms with E-state index in [1.807, 2.05) is 6.92 Å². The average molecular weight is 1420 g/mol. The number of primary amides is 1. The Morgan fingerprint density at radius 2 is 0.800 bits per heavy atom. The third-order valence-corrected chi connectivity index (χ3v) is 17.1. The summed E-state index contributed by atoms with van der Waals surface area (Å²) in [5.41, 5.74) is 6.43. The van der Waals surface area contributed by atoms with E-state index in [2.05, 4.69) is 38.5 Å². The van der Waals surface area contributed by atoms with Crippen LogP contribution in [0.5, 0.6) is 0 Å². The Morgan fingerprint density at radius 1 is 0.460 bits per heavy atom. The number of carboxylic acids is 7. The first-order chi connectivity index (χ1) is 47.3. The molecular formula is C63H101N15O22. The number of aliphatic carboxylic acids is 7. The number of benzene rings is 1. The van der Waals surface area contributed by atoms with Crippen LogP contribution in [0.3, 0.4) is 0 Å². The summed E-state index contributed by atoms with van der Waals surface area (Å²) in [6, 6.07) is 0.166. The van der Waals surface area contributed by atoms with Gasteiger partial charge in [-0.15, -0.1) is 0 Å². The third-order valence-electron chi connectivity index (χ3n) is 17.1. The van der Waals surface area contributed by atoms with Crippen molar-refractivity contribution in [1.29, 1.82) is 0 Å². The Balaban J connectivity index is 1.88. The van der Waals surface area contributed by atoms with Crippen LogP contribution in [-0.4, -0.2) is 344 Å². The number of amides is 7. The van der Waals surface area contributed by atoms with Crippen molar-refractivity contribution in [1.82, 2.24) is 71.1 Å². The zero-order valence-electron chi connectivity index (χ0n) is 56.8. The Labute approximate surface area is 579 Å². The molecule has 37 nitrogen and oxygen atoms in total. The Morgan fingerprint density at radius 3 is 1.12 bits per heavy atom. The molecule has 2 saturated heterocycles. The topological polar surface area (TPSA) is 525 Å². The molecule has 7 amide bonds. The number of carbonyl (C=O) groups is 14. The summed E-state index contributed by atoms with van der Waals surface area (Å²) in [5.74, 6) is -13.3. The summed E-state index contributed by atoms with van der Waals surface area (Å²) < 4.78 is 0. The van der Waals surface area contributed by atoms with Crippen LogP contribution < -0.4 is 37.6 Å². The number of hydrogen-bond acceptors (Lipinski definition) is 23. The number of carboxylic acid groups (broad SMARTS) is 7. The van der Waals surface area contributed by atoms with Gasteiger partial charge in [-0.2, -0.15) is 0 Å². The van der Waals surface area contributed by atoms with Gasteiger partial charge in [-0.1, -0.05) is 51.1 Å². The second-order valence-electron chi connectivity index (χ2n) is 24.8. The predicted molar refractivity (Wildman–Crippen MR) is 356 cm³/mol. The summed E-state index contributed by atoms with van der Waals surface area (Å²) in [5, 5.41) is 95.4. The molecule has 16 N–H and O–H groups in total. The molecule has 2 aliphatic rings. The van der Waals surface area contributed by atoms with E-state index in [9.17, 15) is 108 Å². The van der Waals surface area contributed by atoms with E-state index in [1.54, 1.807) is 45.9 Å². The Kier molecular flexibility index (Phi) is 38.9. The smallest absolute Gasteiger partial charge is 0.320 e. The molecule has 2 aliphatic heterocycles. The van der Waals surface area contributed by atoms with Crippen LogP contribution in [-0.2, 0) is 80.2 Å². The monoisotopic (exact) mass is 1420 g/mol. The van der Waals surface area contributed by atoms with Crippen molar-refractivity contribution in [3.63, 3.8) is 0 Å². The van der Waals surface area contributed by atoms with E-state index >= 15 is 0 Å². The summed E-state index contributed by atoms with van der Waals surface area (Å²) in [4.78, 5) is 189. The van der Waals surface area contributed by atoms with E-state index in [-0.39, 0.29) is 175 Å². The van der Waals surface area contributed by atoms with Crippen LogP contribution in [0.2, 0.25) is 0 Å². The largest absolute Gasteiger partial charge is 0.512 e. The molecule has 1 aromatic rings. The highest BCUT2D eigenvalue weighted by molar-refractivity contribution is 5.91. The normalized spacial score (nSPS) is 17.7. The zero-order chi connectivity index (χ0) is 74.4. The lowest BCUT2D eigenvalue weighted by Crippen LogP contribution is -2.54. The molecule has 0 radical (unpaired) electrons. The van der Waals surface area contributed by atoms with Gasteiger partial charge in [0.1, 0.15) is 30.2 Å². The van der Waals surface area contributed by atoms with Gasteiger partial charge in [-0.3, -0.25) is 106 Å². The number of nitrogens with zero attached hydrogens (tertiary/aromatic N) is 8. The summed E-state index contributed by atoms with van der Waals surface area (Å²) in [6.45, 7) is 5.43. The molecule has 0 bridgehead atoms. The minimum Gasteiger partial charge on any atom is -0.512 e. The molecule has 0 aromatic heterocycles. The molecule has 0 aliphatic carbocycles. The standard InChI is InChI=1S/C63H101N15O22/c1-4-42(2)58(68-41-79)61(96)70-46(9-12-50(64)81)59(94)66-33-44-5-7-45(8-6-44)34-67-60(95)47(69-52(83)14-11-49(63(99)100)78-31-27-75(39-56(90)91)23-21-72(36-53(84)85)22-24-76(28-32-78)40-57(92)93)15-16-65-51(82)13-10-48(62(97)98)77-29-25-73(37-54(86)87)19-17-71(35-43(3)80)18-20-74(26-30-77)38-55(88)89/h5-8,41-42,46-49,58,80H,3-4,9-40H2,1-2H3,(H2,64,81)(H,65,82)(H,66,94)(H,67,95)(H,68,79)(H,69,83)(H,70,96)(H,84,85)(H,86,87)(H,88,89)(H,90,91)(H,92,93)(H,97,98)(H,99,100)/t42?,46-,47-,48?,49?,58-/m0/s1. The minimum atomic E-state index is -1.42. The summed E-state index contributed by atoms with van der Waals surface area (Å²) in [6.07, 6.45) is -1.32. The van der Waals surface area contributed by atoms with Crippen molar-refractivity contribution in [2.24, 2.45) is 11.7 Å². The number of nitrogens with two attached hydrogens (primary N) is 1. The minimum absolute atomic E-state index is 0.0107. The second kappa shape index (κ2) is 45.6. The van der Waals surface area contributed by atoms with Crippen LogP contribution in [0.15, 0.2) is 36.6 Å². The van der Waals surface area contributed by atoms with Crippen molar-refractivity contribution in [3.05, 3.63) is 47.7 Å². The Hall–Kier alpha value is -8.98. The molecule has 560 valence electrons. The van der Waals surface area contributed by atoms with Gasteiger partial charge in [0.25, 0.3) is 0 Å². The highest BCUT2D eigenvalue weighted by Gasteiger charge is 2.33. The van der Waals surface area contributed by atoms with Gasteiger partial charge in [0.05, 0.1) is 45.0 Å². The molecule has 2 heterocycles. The molecule has 2 fully saturated rings. The van der Waals surface area contributed by atoms with Crippen LogP contribution >= 0.6 is 0 Å². The average Bonchev–Trinajstić information content (AvgIpc) is 0.886. The molecule has 3 rings (SSSR count). The molecule has 100 heavy (non-hydrogen) atoms. The summed E-state index contributed by atoms with van der Waals surface area (Å²) in [7, 11) is 0. The highest BCUT2D eigenvalue weighted by atomic mass is 16.4. The van der Waals surface area contributed by atoms with Crippen molar-refractivity contribution in [2.75, 3.05) is 151 Å². The number of carbonyl (C=O) groups excluding carboxylic acids is 7. The van der Waals surface area contributed by atoms with Gasteiger partial charge in [0.15, 0.2) is 0 Å². The fraction of sp³-hybridized carbons (Fsp3) is 0.651. The fourth-order valence-electron chi connectivity index (χ4n) is 11.4. The zero-order valence-corrected chi connectivity index (χ0v) is 56.8. The van der Waals surface area contributed by atoms with E-state index in [1.165, 1.54) is 24.5 Å². The maximum atomic E-state index is 14.2. The molecule has 37 heteroatoms. The molecular weight excluding hydrogens is 1320 g/mol. The molecule has 0 spiro atoms. The fourth-order valence-corrected chi connectivity index (χ4v) is 11.4. The van der Waals surface area contributed by atoms with Gasteiger partial charge < -0.3 is 78.5 Å². The number of aliphatic hydroxyl groups excluding tert-OH is 1. The molecule has 1 aromatic carbocycles. The van der Waals surface area contributed by atoms with Crippen LogP contribution in [0.25, 0.3) is 0 Å². The lowest BCUT2D eigenvalue weighted by Gasteiger charge is -2.35. The van der Waals surface area contributed by atoms with Crippen molar-refractivity contribution in [2.45, 2.75) is 109 Å². The van der Waals surface area contributed by atoms with Gasteiger partial charge in [0.2, 0.25) is 41.9 Å². The van der Waals surface area contributed by atoms with Gasteiger partial charge in [0, 0.05) is 144 Å². The summed E-state index contributed by atoms with van der Waals surface area (Å²) >= 11 is 0. The third kappa shape index (κ3) is 34.7. The lowest BCUT2D eigenvalue weighted by atomic mass is 9.98. The van der Waals surface area contributed by atoms with Crippen LogP contribution in [0, 0.1) is 5.92 Å². The quantitative estimate of drug-likeness (QED) is 0.0216. The number of hydrogen-bond donors (Lipinski definition) is 15. The number of nitrogens with one attached hydrogen (secondary N) is 6. The Bertz CT molecular complexity index is 2850. The number of aliphatic hydroxyl groups is 1. The molecule has 3 unspecified atom stereocenters.